The van der Waals surface area contributed by atoms with E-state index in [9.17, 15) is 4.79 Å². The highest BCUT2D eigenvalue weighted by Gasteiger charge is 2.19. The largest absolute Gasteiger partial charge is 0.478 e. The first-order chi connectivity index (χ1) is 11.9. The smallest absolute Gasteiger partial charge is 0.335 e. The van der Waals surface area contributed by atoms with Crippen LogP contribution in [0.2, 0.25) is 0 Å². The number of oxime groups is 1. The van der Waals surface area contributed by atoms with Gasteiger partial charge in [-0.25, -0.2) is 4.79 Å². The maximum Gasteiger partial charge on any atom is 0.335 e. The Hall–Kier alpha value is -1.49. The van der Waals surface area contributed by atoms with Crippen molar-refractivity contribution in [3.8, 4) is 0 Å². The van der Waals surface area contributed by atoms with E-state index < -0.39 is 5.97 Å². The highest BCUT2D eigenvalue weighted by atomic mass is 32.2. The molecule has 140 valence electrons. The van der Waals surface area contributed by atoms with Crippen molar-refractivity contribution < 1.29 is 14.7 Å². The number of aromatic carboxylic acids is 1. The van der Waals surface area contributed by atoms with Gasteiger partial charge in [-0.2, -0.15) is 11.8 Å². The zero-order chi connectivity index (χ0) is 18.5. The van der Waals surface area contributed by atoms with Gasteiger partial charge in [0.15, 0.2) is 0 Å². The maximum atomic E-state index is 10.8. The third-order valence-electron chi connectivity index (χ3n) is 3.75. The number of unbranched alkanes of at least 4 members (excludes halogenated alkanes) is 5. The van der Waals surface area contributed by atoms with Gasteiger partial charge in [-0.05, 0) is 43.7 Å². The summed E-state index contributed by atoms with van der Waals surface area (Å²) >= 11 is 1.91. The molecule has 1 rings (SSSR count). The molecule has 0 aliphatic rings. The van der Waals surface area contributed by atoms with Crippen molar-refractivity contribution in [2.24, 2.45) is 5.16 Å². The van der Waals surface area contributed by atoms with E-state index >= 15 is 0 Å². The summed E-state index contributed by atoms with van der Waals surface area (Å²) in [4.78, 5) is 16.4. The number of hydrogen-bond donors (Lipinski definition) is 1. The molecule has 1 aromatic rings. The number of rotatable bonds is 13. The first kappa shape index (κ1) is 21.6. The third kappa shape index (κ3) is 10.2. The summed E-state index contributed by atoms with van der Waals surface area (Å²) in [6.07, 6.45) is 9.56. The molecule has 0 amide bonds. The van der Waals surface area contributed by atoms with Crippen molar-refractivity contribution in [3.05, 3.63) is 35.4 Å². The van der Waals surface area contributed by atoms with Gasteiger partial charge >= 0.3 is 5.97 Å². The van der Waals surface area contributed by atoms with Gasteiger partial charge in [0.25, 0.3) is 0 Å². The lowest BCUT2D eigenvalue weighted by atomic mass is 10.1. The monoisotopic (exact) mass is 365 g/mol. The molecule has 0 radical (unpaired) electrons. The molecule has 0 aliphatic carbocycles. The molecule has 0 atom stereocenters. The molecule has 4 nitrogen and oxygen atoms in total. The molecule has 0 fully saturated rings. The Bertz CT molecular complexity index is 526. The Kier molecular flexibility index (Phi) is 10.3. The Morgan fingerprint density at radius 2 is 1.80 bits per heavy atom. The molecule has 0 spiro atoms. The minimum atomic E-state index is -0.928. The lowest BCUT2D eigenvalue weighted by molar-refractivity contribution is 0.00590. The second kappa shape index (κ2) is 12.0. The molecular formula is C20H31NO3S. The summed E-state index contributed by atoms with van der Waals surface area (Å²) in [6, 6.07) is 6.56. The Morgan fingerprint density at radius 3 is 2.44 bits per heavy atom. The molecule has 0 aromatic heterocycles. The lowest BCUT2D eigenvalue weighted by Gasteiger charge is -2.21. The number of carboxylic acids is 1. The van der Waals surface area contributed by atoms with E-state index in [0.29, 0.717) is 0 Å². The van der Waals surface area contributed by atoms with Crippen molar-refractivity contribution in [1.82, 2.24) is 0 Å². The van der Waals surface area contributed by atoms with Crippen LogP contribution >= 0.6 is 11.8 Å². The zero-order valence-corrected chi connectivity index (χ0v) is 16.5. The van der Waals surface area contributed by atoms with Crippen LogP contribution in [0.3, 0.4) is 0 Å². The molecule has 1 aromatic carbocycles. The van der Waals surface area contributed by atoms with Crippen LogP contribution in [0, 0.1) is 0 Å². The molecule has 0 saturated heterocycles. The van der Waals surface area contributed by atoms with E-state index in [2.05, 4.69) is 12.1 Å². The quantitative estimate of drug-likeness (QED) is 0.280. The minimum absolute atomic E-state index is 0.268. The van der Waals surface area contributed by atoms with Gasteiger partial charge in [-0.15, -0.1) is 0 Å². The molecule has 0 aliphatic heterocycles. The van der Waals surface area contributed by atoms with Crippen LogP contribution in [0.15, 0.2) is 29.4 Å². The summed E-state index contributed by atoms with van der Waals surface area (Å²) in [6.45, 7) is 6.31. The summed E-state index contributed by atoms with van der Waals surface area (Å²) in [5.41, 5.74) is 0.773. The predicted octanol–water partition coefficient (Wildman–Crippen LogP) is 5.61. The second-order valence-corrected chi connectivity index (χ2v) is 7.94. The first-order valence-corrected chi connectivity index (χ1v) is 10.2. The molecule has 0 unspecified atom stereocenters. The molecule has 25 heavy (non-hydrogen) atoms. The van der Waals surface area contributed by atoms with Crippen LogP contribution in [0.1, 0.15) is 75.2 Å². The minimum Gasteiger partial charge on any atom is -0.478 e. The molecule has 0 heterocycles. The molecule has 0 bridgehead atoms. The third-order valence-corrected chi connectivity index (χ3v) is 5.23. The normalized spacial score (nSPS) is 11.8. The van der Waals surface area contributed by atoms with E-state index in [0.717, 1.165) is 11.3 Å². The fraction of sp³-hybridized carbons (Fsp3) is 0.600. The fourth-order valence-electron chi connectivity index (χ4n) is 2.27. The summed E-state index contributed by atoms with van der Waals surface area (Å²) in [5, 5.41) is 12.9. The van der Waals surface area contributed by atoms with Gasteiger partial charge in [0.1, 0.15) is 5.60 Å². The lowest BCUT2D eigenvalue weighted by Crippen LogP contribution is -2.25. The van der Waals surface area contributed by atoms with Crippen molar-refractivity contribution in [1.29, 1.82) is 0 Å². The van der Waals surface area contributed by atoms with Crippen LogP contribution < -0.4 is 0 Å². The van der Waals surface area contributed by atoms with E-state index in [1.54, 1.807) is 30.5 Å². The molecule has 1 N–H and O–H groups in total. The number of carbonyl (C=O) groups is 1. The van der Waals surface area contributed by atoms with Crippen molar-refractivity contribution in [3.63, 3.8) is 0 Å². The Morgan fingerprint density at radius 1 is 1.16 bits per heavy atom. The summed E-state index contributed by atoms with van der Waals surface area (Å²) < 4.78 is 0. The number of carboxylic acid groups (broad SMARTS) is 1. The zero-order valence-electron chi connectivity index (χ0n) is 15.7. The average molecular weight is 366 g/mol. The van der Waals surface area contributed by atoms with Gasteiger partial charge in [0.05, 0.1) is 11.8 Å². The van der Waals surface area contributed by atoms with E-state index in [-0.39, 0.29) is 11.2 Å². The fourth-order valence-corrected chi connectivity index (χ4v) is 3.37. The standard InChI is InChI=1S/C20H31NO3S/c1-4-5-6-7-8-9-14-25-16-20(2,3)24-21-15-17-10-12-18(13-11-17)19(22)23/h10-13,15H,4-9,14,16H2,1-3H3,(H,22,23). The number of benzene rings is 1. The van der Waals surface area contributed by atoms with Crippen LogP contribution in [0.5, 0.6) is 0 Å². The van der Waals surface area contributed by atoms with Crippen LogP contribution in [0.4, 0.5) is 0 Å². The Balaban J connectivity index is 2.22. The van der Waals surface area contributed by atoms with E-state index in [1.807, 2.05) is 25.6 Å². The highest BCUT2D eigenvalue weighted by molar-refractivity contribution is 7.99. The molecular weight excluding hydrogens is 334 g/mol. The molecule has 0 saturated carbocycles. The van der Waals surface area contributed by atoms with Gasteiger partial charge in [-0.3, -0.25) is 0 Å². The van der Waals surface area contributed by atoms with E-state index in [1.165, 1.54) is 44.3 Å². The van der Waals surface area contributed by atoms with Crippen LogP contribution in [-0.2, 0) is 4.84 Å². The van der Waals surface area contributed by atoms with Gasteiger partial charge in [0.2, 0.25) is 0 Å². The number of thioether (sulfide) groups is 1. The summed E-state index contributed by atoms with van der Waals surface area (Å²) in [7, 11) is 0. The predicted molar refractivity (Wildman–Crippen MR) is 107 cm³/mol. The van der Waals surface area contributed by atoms with Crippen molar-refractivity contribution in [2.45, 2.75) is 64.9 Å². The average Bonchev–Trinajstić information content (AvgIpc) is 2.57. The number of nitrogens with zero attached hydrogens (tertiary/aromatic N) is 1. The van der Waals surface area contributed by atoms with Gasteiger partial charge < -0.3 is 9.94 Å². The van der Waals surface area contributed by atoms with Crippen molar-refractivity contribution >= 4 is 23.9 Å². The van der Waals surface area contributed by atoms with Crippen LogP contribution in [0.25, 0.3) is 0 Å². The van der Waals surface area contributed by atoms with Crippen molar-refractivity contribution in [2.75, 3.05) is 11.5 Å². The highest BCUT2D eigenvalue weighted by Crippen LogP contribution is 2.19. The van der Waals surface area contributed by atoms with Crippen LogP contribution in [-0.4, -0.2) is 34.4 Å². The van der Waals surface area contributed by atoms with Gasteiger partial charge in [-0.1, -0.05) is 56.3 Å². The topological polar surface area (TPSA) is 58.9 Å². The summed E-state index contributed by atoms with van der Waals surface area (Å²) in [5.74, 6) is 1.14. The maximum absolute atomic E-state index is 10.8. The van der Waals surface area contributed by atoms with E-state index in [4.69, 9.17) is 9.94 Å². The first-order valence-electron chi connectivity index (χ1n) is 9.07. The molecule has 5 heteroatoms. The second-order valence-electron chi connectivity index (χ2n) is 6.83. The Labute approximate surface area is 156 Å². The SMILES string of the molecule is CCCCCCCCSCC(C)(C)ON=Cc1ccc(C(=O)O)cc1. The number of hydrogen-bond acceptors (Lipinski definition) is 4. The van der Waals surface area contributed by atoms with Gasteiger partial charge in [0, 0.05) is 5.75 Å².